The molecule has 1 aliphatic heterocycles. The highest BCUT2D eigenvalue weighted by molar-refractivity contribution is 5.97. The summed E-state index contributed by atoms with van der Waals surface area (Å²) in [7, 11) is 0. The first-order chi connectivity index (χ1) is 15.3. The molecule has 1 fully saturated rings. The number of hydrogen-bond donors (Lipinski definition) is 0. The maximum absolute atomic E-state index is 12.6. The van der Waals surface area contributed by atoms with Crippen LogP contribution in [-0.4, -0.2) is 53.4 Å². The molecule has 0 aliphatic carbocycles. The van der Waals surface area contributed by atoms with Gasteiger partial charge in [-0.15, -0.1) is 0 Å². The van der Waals surface area contributed by atoms with Gasteiger partial charge >= 0.3 is 0 Å². The number of para-hydroxylation sites is 2. The molecule has 4 aromatic rings. The van der Waals surface area contributed by atoms with Crippen LogP contribution in [-0.2, 0) is 0 Å². The van der Waals surface area contributed by atoms with E-state index in [1.165, 1.54) is 0 Å². The average molecular weight is 409 g/mol. The first-order valence-electron chi connectivity index (χ1n) is 10.7. The summed E-state index contributed by atoms with van der Waals surface area (Å²) in [5.74, 6) is 1.09. The van der Waals surface area contributed by atoms with Gasteiger partial charge < -0.3 is 4.90 Å². The van der Waals surface area contributed by atoms with Crippen molar-refractivity contribution >= 4 is 22.6 Å². The number of Topliss-reactive ketones (excluding diaryl/α,β-unsaturated/α-hetero) is 1. The van der Waals surface area contributed by atoms with Gasteiger partial charge in [-0.3, -0.25) is 9.69 Å². The summed E-state index contributed by atoms with van der Waals surface area (Å²) in [5.41, 5.74) is 4.55. The monoisotopic (exact) mass is 408 g/mol. The highest BCUT2D eigenvalue weighted by atomic mass is 16.1. The fourth-order valence-corrected chi connectivity index (χ4v) is 4.04. The van der Waals surface area contributed by atoms with Gasteiger partial charge in [0, 0.05) is 37.3 Å². The maximum Gasteiger partial charge on any atom is 0.176 e. The zero-order valence-corrected chi connectivity index (χ0v) is 17.3. The van der Waals surface area contributed by atoms with Gasteiger partial charge in [0.1, 0.15) is 5.69 Å². The second kappa shape index (κ2) is 8.66. The highest BCUT2D eigenvalue weighted by Gasteiger charge is 2.23. The van der Waals surface area contributed by atoms with Crippen molar-refractivity contribution in [3.05, 3.63) is 90.5 Å². The maximum atomic E-state index is 12.6. The van der Waals surface area contributed by atoms with Gasteiger partial charge in [-0.1, -0.05) is 72.8 Å². The molecule has 154 valence electrons. The fraction of sp³-hybridized carbons (Fsp3) is 0.192. The van der Waals surface area contributed by atoms with Gasteiger partial charge in [0.05, 0.1) is 17.6 Å². The van der Waals surface area contributed by atoms with Crippen LogP contribution in [0.1, 0.15) is 10.4 Å². The lowest BCUT2D eigenvalue weighted by Crippen LogP contribution is -2.48. The standard InChI is InChI=1S/C26H24N4O/c31-24(20-9-3-1-4-10-20)19-29-15-17-30(18-16-29)26-25(21-11-5-2-6-12-21)27-22-13-7-8-14-23(22)28-26/h1-14H,15-19H2. The zero-order chi connectivity index (χ0) is 21.0. The van der Waals surface area contributed by atoms with Crippen molar-refractivity contribution in [3.63, 3.8) is 0 Å². The molecule has 0 amide bonds. The Morgan fingerprint density at radius 3 is 1.97 bits per heavy atom. The van der Waals surface area contributed by atoms with Gasteiger partial charge in [-0.2, -0.15) is 0 Å². The van der Waals surface area contributed by atoms with Gasteiger partial charge in [0.2, 0.25) is 0 Å². The zero-order valence-electron chi connectivity index (χ0n) is 17.3. The first kappa shape index (κ1) is 19.4. The van der Waals surface area contributed by atoms with Crippen LogP contribution in [0.15, 0.2) is 84.9 Å². The molecule has 3 aromatic carbocycles. The van der Waals surface area contributed by atoms with Gasteiger partial charge in [-0.25, -0.2) is 9.97 Å². The number of aromatic nitrogens is 2. The molecule has 1 saturated heterocycles. The van der Waals surface area contributed by atoms with Crippen LogP contribution in [0.5, 0.6) is 0 Å². The van der Waals surface area contributed by atoms with Crippen LogP contribution in [0.2, 0.25) is 0 Å². The van der Waals surface area contributed by atoms with E-state index in [9.17, 15) is 4.79 Å². The van der Waals surface area contributed by atoms with Crippen LogP contribution < -0.4 is 4.90 Å². The normalized spacial score (nSPS) is 14.6. The third-order valence-corrected chi connectivity index (χ3v) is 5.73. The lowest BCUT2D eigenvalue weighted by molar-refractivity contribution is 0.0926. The second-order valence-electron chi connectivity index (χ2n) is 7.80. The predicted molar refractivity (Wildman–Crippen MR) is 124 cm³/mol. The fourth-order valence-electron chi connectivity index (χ4n) is 4.04. The number of nitrogens with zero attached hydrogens (tertiary/aromatic N) is 4. The predicted octanol–water partition coefficient (Wildman–Crippen LogP) is 4.30. The molecule has 0 N–H and O–H groups in total. The second-order valence-corrected chi connectivity index (χ2v) is 7.80. The molecule has 0 unspecified atom stereocenters. The van der Waals surface area contributed by atoms with Crippen molar-refractivity contribution in [1.82, 2.24) is 14.9 Å². The molecule has 0 bridgehead atoms. The first-order valence-corrected chi connectivity index (χ1v) is 10.7. The Balaban J connectivity index is 1.37. The molecule has 31 heavy (non-hydrogen) atoms. The quantitative estimate of drug-likeness (QED) is 0.461. The minimum absolute atomic E-state index is 0.171. The number of carbonyl (C=O) groups excluding carboxylic acids is 1. The van der Waals surface area contributed by atoms with Crippen LogP contribution in [0, 0.1) is 0 Å². The Hall–Kier alpha value is -3.57. The molecule has 5 nitrogen and oxygen atoms in total. The minimum atomic E-state index is 0.171. The third-order valence-electron chi connectivity index (χ3n) is 5.73. The Kier molecular flexibility index (Phi) is 5.42. The number of anilines is 1. The molecule has 2 heterocycles. The van der Waals surface area contributed by atoms with Crippen molar-refractivity contribution in [2.75, 3.05) is 37.6 Å². The van der Waals surface area contributed by atoms with E-state index in [1.807, 2.05) is 72.8 Å². The summed E-state index contributed by atoms with van der Waals surface area (Å²) >= 11 is 0. The van der Waals surface area contributed by atoms with Crippen molar-refractivity contribution < 1.29 is 4.79 Å². The van der Waals surface area contributed by atoms with Crippen LogP contribution in [0.4, 0.5) is 5.82 Å². The van der Waals surface area contributed by atoms with E-state index in [0.29, 0.717) is 6.54 Å². The Bertz CT molecular complexity index is 1190. The van der Waals surface area contributed by atoms with E-state index in [4.69, 9.17) is 9.97 Å². The summed E-state index contributed by atoms with van der Waals surface area (Å²) in [6, 6.07) is 27.8. The number of piperazine rings is 1. The molecule has 1 aromatic heterocycles. The molecule has 5 heteroatoms. The van der Waals surface area contributed by atoms with Crippen LogP contribution in [0.3, 0.4) is 0 Å². The summed E-state index contributed by atoms with van der Waals surface area (Å²) in [6.07, 6.45) is 0. The van der Waals surface area contributed by atoms with E-state index in [-0.39, 0.29) is 5.78 Å². The largest absolute Gasteiger partial charge is 0.352 e. The lowest BCUT2D eigenvalue weighted by atomic mass is 10.1. The van der Waals surface area contributed by atoms with Crippen molar-refractivity contribution in [2.24, 2.45) is 0 Å². The SMILES string of the molecule is O=C(CN1CCN(c2nc3ccccc3nc2-c2ccccc2)CC1)c1ccccc1. The number of rotatable bonds is 5. The lowest BCUT2D eigenvalue weighted by Gasteiger charge is -2.35. The Labute approximate surface area is 182 Å². The van der Waals surface area contributed by atoms with E-state index >= 15 is 0 Å². The van der Waals surface area contributed by atoms with Crippen molar-refractivity contribution in [3.8, 4) is 11.3 Å². The Morgan fingerprint density at radius 2 is 1.29 bits per heavy atom. The topological polar surface area (TPSA) is 49.3 Å². The molecular formula is C26H24N4O. The van der Waals surface area contributed by atoms with Gasteiger partial charge in [-0.05, 0) is 12.1 Å². The average Bonchev–Trinajstić information content (AvgIpc) is 2.85. The summed E-state index contributed by atoms with van der Waals surface area (Å²) in [5, 5.41) is 0. The van der Waals surface area contributed by atoms with E-state index < -0.39 is 0 Å². The Morgan fingerprint density at radius 1 is 0.710 bits per heavy atom. The summed E-state index contributed by atoms with van der Waals surface area (Å²) in [6.45, 7) is 3.72. The van der Waals surface area contributed by atoms with Crippen LogP contribution >= 0.6 is 0 Å². The molecule has 0 radical (unpaired) electrons. The molecule has 0 atom stereocenters. The van der Waals surface area contributed by atoms with E-state index in [2.05, 4.69) is 21.9 Å². The summed E-state index contributed by atoms with van der Waals surface area (Å²) < 4.78 is 0. The third kappa shape index (κ3) is 4.18. The molecule has 1 aliphatic rings. The van der Waals surface area contributed by atoms with Gasteiger partial charge in [0.25, 0.3) is 0 Å². The minimum Gasteiger partial charge on any atom is -0.352 e. The van der Waals surface area contributed by atoms with Crippen molar-refractivity contribution in [2.45, 2.75) is 0 Å². The van der Waals surface area contributed by atoms with Crippen molar-refractivity contribution in [1.29, 1.82) is 0 Å². The van der Waals surface area contributed by atoms with Crippen LogP contribution in [0.25, 0.3) is 22.3 Å². The number of fused-ring (bicyclic) bond motifs is 1. The number of hydrogen-bond acceptors (Lipinski definition) is 5. The van der Waals surface area contributed by atoms with E-state index in [1.54, 1.807) is 0 Å². The molecule has 5 rings (SSSR count). The number of ketones is 1. The molecule has 0 spiro atoms. The number of benzene rings is 3. The van der Waals surface area contributed by atoms with Gasteiger partial charge in [0.15, 0.2) is 11.6 Å². The smallest absolute Gasteiger partial charge is 0.176 e. The number of carbonyl (C=O) groups is 1. The van der Waals surface area contributed by atoms with E-state index in [0.717, 1.165) is 59.9 Å². The molecule has 0 saturated carbocycles. The molecular weight excluding hydrogens is 384 g/mol. The highest BCUT2D eigenvalue weighted by Crippen LogP contribution is 2.30. The summed E-state index contributed by atoms with van der Waals surface area (Å²) in [4.78, 5) is 27.0.